The fourth-order valence-electron chi connectivity index (χ4n) is 7.05. The molecule has 1 aliphatic heterocycles. The summed E-state index contributed by atoms with van der Waals surface area (Å²) < 4.78 is 7.63. The lowest BCUT2D eigenvalue weighted by molar-refractivity contribution is 0.381. The second-order valence-electron chi connectivity index (χ2n) is 11.7. The van der Waals surface area contributed by atoms with Crippen LogP contribution in [0.4, 0.5) is 0 Å². The van der Waals surface area contributed by atoms with Gasteiger partial charge in [0.15, 0.2) is 0 Å². The van der Waals surface area contributed by atoms with Gasteiger partial charge in [-0.05, 0) is 141 Å². The highest BCUT2D eigenvalue weighted by atomic mass is 16.5. The molecule has 2 heterocycles. The average molecular weight is 520 g/mol. The molecule has 1 atom stereocenters. The van der Waals surface area contributed by atoms with E-state index in [4.69, 9.17) is 4.74 Å². The molecule has 2 aliphatic rings. The predicted molar refractivity (Wildman–Crippen MR) is 161 cm³/mol. The number of ether oxygens (including phenoxy) is 1. The third kappa shape index (κ3) is 4.69. The normalized spacial score (nSPS) is 17.4. The van der Waals surface area contributed by atoms with Gasteiger partial charge in [-0.3, -0.25) is 0 Å². The van der Waals surface area contributed by atoms with Crippen LogP contribution in [0.3, 0.4) is 0 Å². The Balaban J connectivity index is 1.35. The molecule has 6 rings (SSSR count). The summed E-state index contributed by atoms with van der Waals surface area (Å²) in [6.07, 6.45) is 7.86. The van der Waals surface area contributed by atoms with Crippen molar-refractivity contribution >= 4 is 0 Å². The largest absolute Gasteiger partial charge is 0.481 e. The molecule has 202 valence electrons. The first kappa shape index (κ1) is 25.9. The Bertz CT molecular complexity index is 1510. The summed E-state index contributed by atoms with van der Waals surface area (Å²) in [5.74, 6) is 2.03. The molecule has 1 fully saturated rings. The summed E-state index contributed by atoms with van der Waals surface area (Å²) in [5.41, 5.74) is 15.1. The molecule has 1 N–H and O–H groups in total. The van der Waals surface area contributed by atoms with Crippen LogP contribution in [-0.4, -0.2) is 30.0 Å². The van der Waals surface area contributed by atoms with Gasteiger partial charge >= 0.3 is 0 Å². The number of benzene rings is 3. The number of piperidine rings is 1. The number of nitrogens with one attached hydrogen (secondary N) is 1. The minimum Gasteiger partial charge on any atom is -0.481 e. The van der Waals surface area contributed by atoms with E-state index < -0.39 is 0 Å². The van der Waals surface area contributed by atoms with E-state index in [-0.39, 0.29) is 0 Å². The van der Waals surface area contributed by atoms with E-state index in [2.05, 4.69) is 79.7 Å². The van der Waals surface area contributed by atoms with Gasteiger partial charge in [-0.25, -0.2) is 4.68 Å². The van der Waals surface area contributed by atoms with Crippen molar-refractivity contribution in [2.75, 3.05) is 20.2 Å². The highest BCUT2D eigenvalue weighted by molar-refractivity contribution is 5.73. The molecule has 4 heteroatoms. The van der Waals surface area contributed by atoms with E-state index in [0.29, 0.717) is 11.8 Å². The number of aryl methyl sites for hydroxylation is 3. The molecule has 0 bridgehead atoms. The lowest BCUT2D eigenvalue weighted by Gasteiger charge is -2.26. The fraction of sp³-hybridized carbons (Fsp3) is 0.400. The highest BCUT2D eigenvalue weighted by Gasteiger charge is 2.28. The molecule has 4 nitrogen and oxygen atoms in total. The van der Waals surface area contributed by atoms with Gasteiger partial charge in [0.2, 0.25) is 5.88 Å². The zero-order valence-corrected chi connectivity index (χ0v) is 24.1. The number of aromatic nitrogens is 2. The van der Waals surface area contributed by atoms with Crippen LogP contribution in [-0.2, 0) is 12.8 Å². The number of hydrogen-bond acceptors (Lipinski definition) is 3. The van der Waals surface area contributed by atoms with Crippen molar-refractivity contribution in [1.29, 1.82) is 0 Å². The molecule has 0 amide bonds. The Morgan fingerprint density at radius 1 is 0.923 bits per heavy atom. The predicted octanol–water partition coefficient (Wildman–Crippen LogP) is 7.52. The third-order valence-electron chi connectivity index (χ3n) is 9.39. The summed E-state index contributed by atoms with van der Waals surface area (Å²) in [5, 5.41) is 8.16. The number of fused-ring (bicyclic) bond motifs is 1. The smallest absolute Gasteiger partial charge is 0.219 e. The summed E-state index contributed by atoms with van der Waals surface area (Å²) >= 11 is 0. The molecule has 1 saturated heterocycles. The monoisotopic (exact) mass is 519 g/mol. The van der Waals surface area contributed by atoms with Crippen molar-refractivity contribution < 1.29 is 4.74 Å². The molecular formula is C35H41N3O. The summed E-state index contributed by atoms with van der Waals surface area (Å²) in [6.45, 7) is 11.2. The number of nitrogens with zero attached hydrogens (tertiary/aromatic N) is 2. The Labute approximate surface area is 233 Å². The van der Waals surface area contributed by atoms with Crippen molar-refractivity contribution in [3.8, 4) is 22.7 Å². The summed E-state index contributed by atoms with van der Waals surface area (Å²) in [6, 6.07) is 18.6. The van der Waals surface area contributed by atoms with Crippen LogP contribution in [0.5, 0.6) is 5.88 Å². The van der Waals surface area contributed by atoms with Gasteiger partial charge in [0.1, 0.15) is 0 Å². The van der Waals surface area contributed by atoms with E-state index in [1.165, 1.54) is 63.8 Å². The summed E-state index contributed by atoms with van der Waals surface area (Å²) in [4.78, 5) is 0. The molecule has 3 aromatic carbocycles. The molecular weight excluding hydrogens is 478 g/mol. The lowest BCUT2D eigenvalue weighted by atomic mass is 9.82. The van der Waals surface area contributed by atoms with Gasteiger partial charge in [0, 0.05) is 5.56 Å². The van der Waals surface area contributed by atoms with Crippen LogP contribution in [0.1, 0.15) is 75.6 Å². The maximum atomic E-state index is 5.69. The zero-order chi connectivity index (χ0) is 27.1. The van der Waals surface area contributed by atoms with E-state index >= 15 is 0 Å². The average Bonchev–Trinajstić information content (AvgIpc) is 3.55. The van der Waals surface area contributed by atoms with Gasteiger partial charge in [0.05, 0.1) is 19.0 Å². The summed E-state index contributed by atoms with van der Waals surface area (Å²) in [7, 11) is 1.72. The first-order valence-corrected chi connectivity index (χ1v) is 14.6. The lowest BCUT2D eigenvalue weighted by Crippen LogP contribution is -2.27. The van der Waals surface area contributed by atoms with Gasteiger partial charge in [0.25, 0.3) is 0 Å². The Hall–Kier alpha value is -3.37. The molecule has 39 heavy (non-hydrogen) atoms. The quantitative estimate of drug-likeness (QED) is 0.286. The van der Waals surface area contributed by atoms with E-state index in [1.54, 1.807) is 12.7 Å². The van der Waals surface area contributed by atoms with Crippen LogP contribution in [0.15, 0.2) is 54.7 Å². The molecule has 0 spiro atoms. The van der Waals surface area contributed by atoms with Gasteiger partial charge < -0.3 is 10.1 Å². The van der Waals surface area contributed by atoms with Gasteiger partial charge in [-0.2, -0.15) is 5.10 Å². The van der Waals surface area contributed by atoms with E-state index in [9.17, 15) is 0 Å². The third-order valence-corrected chi connectivity index (χ3v) is 9.39. The second kappa shape index (κ2) is 10.7. The molecule has 0 radical (unpaired) electrons. The molecule has 1 aromatic heterocycles. The van der Waals surface area contributed by atoms with Crippen molar-refractivity contribution in [1.82, 2.24) is 15.1 Å². The van der Waals surface area contributed by atoms with Crippen molar-refractivity contribution in [2.45, 2.75) is 71.6 Å². The minimum absolute atomic E-state index is 0.533. The number of methoxy groups -OCH3 is 1. The first-order chi connectivity index (χ1) is 19.0. The SMILES string of the molecule is COc1c(C)cnn1-c1cc(-c2cccc3c2C(Cc2ccc(C4CCNCC4)c(C)c2C)CC3)ccc1C. The maximum Gasteiger partial charge on any atom is 0.219 e. The van der Waals surface area contributed by atoms with E-state index in [0.717, 1.165) is 43.1 Å². The maximum absolute atomic E-state index is 5.69. The first-order valence-electron chi connectivity index (χ1n) is 14.6. The molecule has 1 aliphatic carbocycles. The fourth-order valence-corrected chi connectivity index (χ4v) is 7.05. The van der Waals surface area contributed by atoms with Gasteiger partial charge in [-0.15, -0.1) is 0 Å². The van der Waals surface area contributed by atoms with Crippen LogP contribution < -0.4 is 10.1 Å². The minimum atomic E-state index is 0.533. The zero-order valence-electron chi connectivity index (χ0n) is 24.1. The molecule has 1 unspecified atom stereocenters. The van der Waals surface area contributed by atoms with Gasteiger partial charge in [-0.1, -0.05) is 42.5 Å². The Morgan fingerprint density at radius 3 is 2.54 bits per heavy atom. The van der Waals surface area contributed by atoms with Crippen LogP contribution in [0.2, 0.25) is 0 Å². The van der Waals surface area contributed by atoms with Crippen LogP contribution in [0, 0.1) is 27.7 Å². The van der Waals surface area contributed by atoms with Crippen molar-refractivity contribution in [3.63, 3.8) is 0 Å². The molecule has 0 saturated carbocycles. The van der Waals surface area contributed by atoms with Crippen LogP contribution in [0.25, 0.3) is 16.8 Å². The number of rotatable bonds is 6. The standard InChI is InChI=1S/C35H41N3O/c1-22-9-10-29(20-33(22)38-35(39-5)23(2)21-37-38)32-8-6-7-27-11-12-30(34(27)32)19-28-13-14-31(25(4)24(28)3)26-15-17-36-18-16-26/h6-10,13-14,20-21,26,30,36H,11-12,15-19H2,1-5H3. The second-order valence-corrected chi connectivity index (χ2v) is 11.7. The van der Waals surface area contributed by atoms with Crippen molar-refractivity contribution in [2.24, 2.45) is 0 Å². The Morgan fingerprint density at radius 2 is 1.74 bits per heavy atom. The van der Waals surface area contributed by atoms with E-state index in [1.807, 2.05) is 17.8 Å². The van der Waals surface area contributed by atoms with Crippen LogP contribution >= 0.6 is 0 Å². The van der Waals surface area contributed by atoms with Crippen molar-refractivity contribution in [3.05, 3.63) is 99.2 Å². The Kier molecular flexibility index (Phi) is 7.07. The highest BCUT2D eigenvalue weighted by Crippen LogP contribution is 2.43. The molecule has 4 aromatic rings. The number of hydrogen-bond donors (Lipinski definition) is 1. The topological polar surface area (TPSA) is 39.1 Å².